The van der Waals surface area contributed by atoms with Crippen LogP contribution in [0.15, 0.2) is 53.6 Å². The fourth-order valence-electron chi connectivity index (χ4n) is 4.31. The molecule has 2 aromatic rings. The summed E-state index contributed by atoms with van der Waals surface area (Å²) in [6.45, 7) is 0.182. The van der Waals surface area contributed by atoms with Gasteiger partial charge in [-0.2, -0.15) is 18.3 Å². The van der Waals surface area contributed by atoms with E-state index in [2.05, 4.69) is 15.4 Å². The largest absolute Gasteiger partial charge is 0.477 e. The number of piperidine rings is 1. The van der Waals surface area contributed by atoms with Gasteiger partial charge in [0.25, 0.3) is 5.91 Å². The topological polar surface area (TPSA) is 83.9 Å². The lowest BCUT2D eigenvalue weighted by molar-refractivity contribution is -0.141. The van der Waals surface area contributed by atoms with Crippen LogP contribution in [0.1, 0.15) is 24.1 Å². The molecule has 0 bridgehead atoms. The lowest BCUT2D eigenvalue weighted by Gasteiger charge is -2.37. The van der Waals surface area contributed by atoms with Crippen LogP contribution >= 0.6 is 0 Å². The predicted molar refractivity (Wildman–Crippen MR) is 114 cm³/mol. The number of fused-ring (bicyclic) bond motifs is 1. The summed E-state index contributed by atoms with van der Waals surface area (Å²) in [4.78, 5) is 29.4. The van der Waals surface area contributed by atoms with Crippen molar-refractivity contribution in [2.75, 3.05) is 20.2 Å². The molecule has 1 saturated heterocycles. The number of hydrogen-bond donors (Lipinski definition) is 1. The average Bonchev–Trinajstić information content (AvgIpc) is 3.03. The Balaban J connectivity index is 1.42. The molecule has 0 unspecified atom stereocenters. The van der Waals surface area contributed by atoms with Crippen molar-refractivity contribution < 1.29 is 27.5 Å². The van der Waals surface area contributed by atoms with Crippen LogP contribution in [0.25, 0.3) is 0 Å². The van der Waals surface area contributed by atoms with Crippen molar-refractivity contribution in [3.05, 3.63) is 59.8 Å². The van der Waals surface area contributed by atoms with Gasteiger partial charge in [-0.1, -0.05) is 36.4 Å². The van der Waals surface area contributed by atoms with Crippen molar-refractivity contribution >= 4 is 17.4 Å². The van der Waals surface area contributed by atoms with Gasteiger partial charge in [0, 0.05) is 26.1 Å². The van der Waals surface area contributed by atoms with Crippen LogP contribution in [0.2, 0.25) is 0 Å². The summed E-state index contributed by atoms with van der Waals surface area (Å²) in [7, 11) is 1.60. The molecule has 174 valence electrons. The van der Waals surface area contributed by atoms with Gasteiger partial charge in [-0.3, -0.25) is 9.59 Å². The lowest BCUT2D eigenvalue weighted by atomic mass is 9.69. The number of ether oxygens (including phenoxy) is 1. The van der Waals surface area contributed by atoms with Gasteiger partial charge in [0.1, 0.15) is 5.69 Å². The lowest BCUT2D eigenvalue weighted by Crippen LogP contribution is -2.56. The number of amides is 1. The van der Waals surface area contributed by atoms with E-state index in [0.29, 0.717) is 18.7 Å². The Hall–Kier alpha value is -3.27. The molecule has 2 atom stereocenters. The van der Waals surface area contributed by atoms with E-state index in [1.807, 2.05) is 30.3 Å². The molecule has 0 spiro atoms. The van der Waals surface area contributed by atoms with E-state index in [-0.39, 0.29) is 37.0 Å². The first-order valence-corrected chi connectivity index (χ1v) is 10.5. The molecular weight excluding hydrogens is 437 g/mol. The zero-order chi connectivity index (χ0) is 23.6. The van der Waals surface area contributed by atoms with Crippen molar-refractivity contribution in [3.8, 4) is 5.88 Å². The quantitative estimate of drug-likeness (QED) is 0.687. The van der Waals surface area contributed by atoms with Gasteiger partial charge in [0.05, 0.1) is 23.8 Å². The van der Waals surface area contributed by atoms with Gasteiger partial charge in [0.15, 0.2) is 5.78 Å². The van der Waals surface area contributed by atoms with E-state index < -0.39 is 23.3 Å². The number of hydrazone groups is 1. The Morgan fingerprint density at radius 3 is 2.70 bits per heavy atom. The number of halogens is 3. The van der Waals surface area contributed by atoms with Crippen molar-refractivity contribution in [2.24, 2.45) is 10.5 Å². The van der Waals surface area contributed by atoms with Gasteiger partial charge in [-0.15, -0.1) is 0 Å². The van der Waals surface area contributed by atoms with Crippen LogP contribution in [-0.4, -0.2) is 53.6 Å². The molecule has 10 heteroatoms. The summed E-state index contributed by atoms with van der Waals surface area (Å²) in [5.74, 6) is -0.530. The highest BCUT2D eigenvalue weighted by molar-refractivity contribution is 6.14. The first-order chi connectivity index (χ1) is 15.7. The molecule has 3 heterocycles. The van der Waals surface area contributed by atoms with E-state index in [9.17, 15) is 22.8 Å². The fourth-order valence-corrected chi connectivity index (χ4v) is 4.31. The Bertz CT molecular complexity index is 1070. The fraction of sp³-hybridized carbons (Fsp3) is 0.391. The van der Waals surface area contributed by atoms with E-state index in [1.165, 1.54) is 17.1 Å². The third kappa shape index (κ3) is 4.75. The molecule has 1 amide bonds. The summed E-state index contributed by atoms with van der Waals surface area (Å²) in [5.41, 5.74) is -0.280. The molecule has 33 heavy (non-hydrogen) atoms. The molecule has 0 aliphatic carbocycles. The number of carbonyl (C=O) groups is 2. The molecule has 4 rings (SSSR count). The highest BCUT2D eigenvalue weighted by Crippen LogP contribution is 2.39. The number of alkyl halides is 3. The van der Waals surface area contributed by atoms with Crippen LogP contribution in [0.5, 0.6) is 5.88 Å². The van der Waals surface area contributed by atoms with Crippen LogP contribution < -0.4 is 10.1 Å². The minimum absolute atomic E-state index is 0.0342. The third-order valence-electron chi connectivity index (χ3n) is 5.94. The first kappa shape index (κ1) is 22.9. The number of nitrogens with one attached hydrogen (secondary N) is 1. The Labute approximate surface area is 188 Å². The standard InChI is InChI=1S/C23H23F3N4O3/c1-30-21(32)22(12-15-6-3-2-4-7-15)13-16(27-14-19(22)29-30)17(31)10-11-33-20-9-5-8-18(28-20)23(24,25)26/h2-9,16,27H,10-14H2,1H3/t16-,22-/m1/s1. The molecule has 1 aromatic carbocycles. The number of Topliss-reactive ketones (excluding diaryl/α,β-unsaturated/α-hetero) is 1. The maximum absolute atomic E-state index is 13.1. The number of pyridine rings is 1. The highest BCUT2D eigenvalue weighted by atomic mass is 19.4. The second kappa shape index (κ2) is 8.93. The van der Waals surface area contributed by atoms with Crippen LogP contribution in [0.3, 0.4) is 0 Å². The normalized spacial score (nSPS) is 22.7. The molecule has 1 N–H and O–H groups in total. The van der Waals surface area contributed by atoms with E-state index in [4.69, 9.17) is 4.74 Å². The van der Waals surface area contributed by atoms with E-state index in [1.54, 1.807) is 7.05 Å². The Morgan fingerprint density at radius 1 is 1.21 bits per heavy atom. The summed E-state index contributed by atoms with van der Waals surface area (Å²) in [6.07, 6.45) is -3.92. The summed E-state index contributed by atoms with van der Waals surface area (Å²) < 4.78 is 43.7. The van der Waals surface area contributed by atoms with Crippen molar-refractivity contribution in [3.63, 3.8) is 0 Å². The molecule has 2 aliphatic rings. The van der Waals surface area contributed by atoms with E-state index in [0.717, 1.165) is 11.6 Å². The third-order valence-corrected chi connectivity index (χ3v) is 5.94. The smallest absolute Gasteiger partial charge is 0.433 e. The zero-order valence-corrected chi connectivity index (χ0v) is 17.9. The van der Waals surface area contributed by atoms with Gasteiger partial charge in [-0.05, 0) is 24.5 Å². The summed E-state index contributed by atoms with van der Waals surface area (Å²) in [6, 6.07) is 12.3. The SMILES string of the molecule is CN1N=C2CN[C@@H](C(=O)CCOc3cccc(C(F)(F)F)n3)C[C@@]2(Cc2ccccc2)C1=O. The second-order valence-electron chi connectivity index (χ2n) is 8.18. The minimum Gasteiger partial charge on any atom is -0.477 e. The Morgan fingerprint density at radius 2 is 1.97 bits per heavy atom. The highest BCUT2D eigenvalue weighted by Gasteiger charge is 2.53. The van der Waals surface area contributed by atoms with Crippen LogP contribution in [-0.2, 0) is 22.2 Å². The average molecular weight is 460 g/mol. The number of ketones is 1. The zero-order valence-electron chi connectivity index (χ0n) is 17.9. The summed E-state index contributed by atoms with van der Waals surface area (Å²) in [5, 5.41) is 8.85. The molecule has 1 fully saturated rings. The second-order valence-corrected chi connectivity index (χ2v) is 8.18. The number of carbonyl (C=O) groups excluding carboxylic acids is 2. The van der Waals surface area contributed by atoms with Gasteiger partial charge >= 0.3 is 6.18 Å². The number of nitrogens with zero attached hydrogens (tertiary/aromatic N) is 3. The van der Waals surface area contributed by atoms with Crippen molar-refractivity contribution in [2.45, 2.75) is 31.5 Å². The van der Waals surface area contributed by atoms with E-state index >= 15 is 0 Å². The molecule has 1 aromatic heterocycles. The minimum atomic E-state index is -4.57. The molecule has 2 aliphatic heterocycles. The predicted octanol–water partition coefficient (Wildman–Crippen LogP) is 2.86. The molecule has 7 nitrogen and oxygen atoms in total. The monoisotopic (exact) mass is 460 g/mol. The van der Waals surface area contributed by atoms with Crippen molar-refractivity contribution in [1.82, 2.24) is 15.3 Å². The number of hydrogen-bond acceptors (Lipinski definition) is 6. The molecular formula is C23H23F3N4O3. The van der Waals surface area contributed by atoms with Crippen LogP contribution in [0.4, 0.5) is 13.2 Å². The maximum atomic E-state index is 13.1. The molecule has 0 radical (unpaired) electrons. The van der Waals surface area contributed by atoms with Crippen molar-refractivity contribution in [1.29, 1.82) is 0 Å². The number of benzene rings is 1. The molecule has 0 saturated carbocycles. The van der Waals surface area contributed by atoms with Crippen LogP contribution in [0, 0.1) is 5.41 Å². The number of aromatic nitrogens is 1. The Kier molecular flexibility index (Phi) is 6.20. The van der Waals surface area contributed by atoms with Gasteiger partial charge < -0.3 is 10.1 Å². The van der Waals surface area contributed by atoms with Gasteiger partial charge in [0.2, 0.25) is 5.88 Å². The van der Waals surface area contributed by atoms with Gasteiger partial charge in [-0.25, -0.2) is 9.99 Å². The maximum Gasteiger partial charge on any atom is 0.433 e. The number of rotatable bonds is 7. The first-order valence-electron chi connectivity index (χ1n) is 10.5. The summed E-state index contributed by atoms with van der Waals surface area (Å²) >= 11 is 0.